The number of piperidine rings is 1. The molecule has 0 radical (unpaired) electrons. The molecule has 0 saturated carbocycles. The van der Waals surface area contributed by atoms with E-state index in [4.69, 9.17) is 0 Å². The van der Waals surface area contributed by atoms with Crippen LogP contribution in [0.5, 0.6) is 0 Å². The van der Waals surface area contributed by atoms with Crippen LogP contribution in [0, 0.1) is 6.92 Å². The first-order valence-corrected chi connectivity index (χ1v) is 8.98. The van der Waals surface area contributed by atoms with Crippen molar-refractivity contribution in [1.29, 1.82) is 0 Å². The molecular weight excluding hydrogens is 328 g/mol. The Balaban J connectivity index is 1.65. The third-order valence-electron chi connectivity index (χ3n) is 4.82. The Morgan fingerprint density at radius 2 is 2.00 bits per heavy atom. The van der Waals surface area contributed by atoms with Gasteiger partial charge < -0.3 is 10.2 Å². The molecule has 26 heavy (non-hydrogen) atoms. The molecule has 3 rings (SSSR count). The molecule has 2 heterocycles. The van der Waals surface area contributed by atoms with Crippen molar-refractivity contribution in [2.24, 2.45) is 0 Å². The molecule has 1 amide bonds. The first kappa shape index (κ1) is 18.0. The van der Waals surface area contributed by atoms with Crippen molar-refractivity contribution in [3.63, 3.8) is 0 Å². The summed E-state index contributed by atoms with van der Waals surface area (Å²) in [5, 5.41) is 3.23. The average molecular weight is 352 g/mol. The van der Waals surface area contributed by atoms with Crippen molar-refractivity contribution < 1.29 is 9.59 Å². The second kappa shape index (κ2) is 8.08. The number of benzene rings is 1. The Hall–Kier alpha value is -2.76. The van der Waals surface area contributed by atoms with Gasteiger partial charge in [-0.1, -0.05) is 0 Å². The highest BCUT2D eigenvalue weighted by molar-refractivity contribution is 5.97. The summed E-state index contributed by atoms with van der Waals surface area (Å²) in [6.45, 7) is 4.28. The van der Waals surface area contributed by atoms with Crippen LogP contribution in [0.2, 0.25) is 0 Å². The average Bonchev–Trinajstić information content (AvgIpc) is 2.64. The zero-order chi connectivity index (χ0) is 18.5. The maximum Gasteiger partial charge on any atom is 0.219 e. The van der Waals surface area contributed by atoms with Crippen LogP contribution in [0.3, 0.4) is 0 Å². The van der Waals surface area contributed by atoms with Gasteiger partial charge in [0.2, 0.25) is 5.91 Å². The minimum Gasteiger partial charge on any atom is -0.340 e. The van der Waals surface area contributed by atoms with E-state index in [1.54, 1.807) is 13.1 Å². The summed E-state index contributed by atoms with van der Waals surface area (Å²) in [5.41, 5.74) is 2.49. The molecule has 0 spiro atoms. The standard InChI is InChI=1S/C20H24N4O2/c1-14-12-21-13-22-20(14)23-17-8-6-16(7-9-17)19(26)11-18-5-3-4-10-24(18)15(2)25/h6-9,12-13,18H,3-5,10-11H2,1-2H3,(H,21,22,23). The SMILES string of the molecule is CC(=O)N1CCCCC1CC(=O)c1ccc(Nc2ncncc2C)cc1. The Kier molecular flexibility index (Phi) is 5.61. The maximum atomic E-state index is 12.6. The second-order valence-corrected chi connectivity index (χ2v) is 6.75. The molecule has 0 aliphatic carbocycles. The number of hydrogen-bond acceptors (Lipinski definition) is 5. The Bertz CT molecular complexity index is 789. The number of carbonyl (C=O) groups is 2. The largest absolute Gasteiger partial charge is 0.340 e. The molecule has 1 fully saturated rings. The highest BCUT2D eigenvalue weighted by Gasteiger charge is 2.26. The molecule has 1 unspecified atom stereocenters. The zero-order valence-electron chi connectivity index (χ0n) is 15.2. The maximum absolute atomic E-state index is 12.6. The fourth-order valence-electron chi connectivity index (χ4n) is 3.37. The molecule has 1 saturated heterocycles. The van der Waals surface area contributed by atoms with E-state index in [-0.39, 0.29) is 17.7 Å². The number of aryl methyl sites for hydroxylation is 1. The Labute approximate surface area is 153 Å². The van der Waals surface area contributed by atoms with Gasteiger partial charge in [-0.05, 0) is 50.5 Å². The highest BCUT2D eigenvalue weighted by atomic mass is 16.2. The summed E-state index contributed by atoms with van der Waals surface area (Å²) < 4.78 is 0. The molecule has 1 aromatic carbocycles. The fourth-order valence-corrected chi connectivity index (χ4v) is 3.37. The Morgan fingerprint density at radius 3 is 2.69 bits per heavy atom. The van der Waals surface area contributed by atoms with E-state index in [2.05, 4.69) is 15.3 Å². The van der Waals surface area contributed by atoms with Gasteiger partial charge >= 0.3 is 0 Å². The number of amides is 1. The van der Waals surface area contributed by atoms with Crippen molar-refractivity contribution in [1.82, 2.24) is 14.9 Å². The number of likely N-dealkylation sites (tertiary alicyclic amines) is 1. The van der Waals surface area contributed by atoms with Gasteiger partial charge in [0.25, 0.3) is 0 Å². The van der Waals surface area contributed by atoms with Crippen LogP contribution in [-0.4, -0.2) is 39.1 Å². The predicted octanol–water partition coefficient (Wildman–Crippen LogP) is 3.50. The first-order valence-electron chi connectivity index (χ1n) is 8.98. The monoisotopic (exact) mass is 352 g/mol. The smallest absolute Gasteiger partial charge is 0.219 e. The summed E-state index contributed by atoms with van der Waals surface area (Å²) in [5.74, 6) is 0.883. The molecule has 1 aliphatic heterocycles. The number of rotatable bonds is 5. The minimum atomic E-state index is 0.0234. The number of Topliss-reactive ketones (excluding diaryl/α,β-unsaturated/α-hetero) is 1. The summed E-state index contributed by atoms with van der Waals surface area (Å²) in [7, 11) is 0. The number of nitrogens with one attached hydrogen (secondary N) is 1. The van der Waals surface area contributed by atoms with Gasteiger partial charge in [0.1, 0.15) is 12.1 Å². The normalized spacial score (nSPS) is 17.0. The fraction of sp³-hybridized carbons (Fsp3) is 0.400. The van der Waals surface area contributed by atoms with Crippen LogP contribution in [0.1, 0.15) is 48.5 Å². The van der Waals surface area contributed by atoms with E-state index in [0.29, 0.717) is 12.0 Å². The topological polar surface area (TPSA) is 75.2 Å². The van der Waals surface area contributed by atoms with Gasteiger partial charge in [0.05, 0.1) is 0 Å². The summed E-state index contributed by atoms with van der Waals surface area (Å²) in [6.07, 6.45) is 6.63. The van der Waals surface area contributed by atoms with Gasteiger partial charge in [-0.25, -0.2) is 9.97 Å². The number of carbonyl (C=O) groups excluding carboxylic acids is 2. The quantitative estimate of drug-likeness (QED) is 0.834. The number of anilines is 2. The lowest BCUT2D eigenvalue weighted by Crippen LogP contribution is -2.43. The van der Waals surface area contributed by atoms with Gasteiger partial charge in [-0.2, -0.15) is 0 Å². The lowest BCUT2D eigenvalue weighted by atomic mass is 9.95. The lowest BCUT2D eigenvalue weighted by molar-refractivity contribution is -0.132. The van der Waals surface area contributed by atoms with Crippen molar-refractivity contribution in [3.05, 3.63) is 47.9 Å². The van der Waals surface area contributed by atoms with E-state index in [0.717, 1.165) is 42.9 Å². The molecule has 1 atom stereocenters. The molecule has 0 bridgehead atoms. The molecule has 2 aromatic rings. The minimum absolute atomic E-state index is 0.0234. The van der Waals surface area contributed by atoms with Crippen LogP contribution < -0.4 is 5.32 Å². The highest BCUT2D eigenvalue weighted by Crippen LogP contribution is 2.23. The lowest BCUT2D eigenvalue weighted by Gasteiger charge is -2.34. The molecule has 6 heteroatoms. The molecule has 6 nitrogen and oxygen atoms in total. The van der Waals surface area contributed by atoms with Crippen molar-refractivity contribution >= 4 is 23.2 Å². The molecule has 1 aliphatic rings. The third-order valence-corrected chi connectivity index (χ3v) is 4.82. The van der Waals surface area contributed by atoms with Crippen molar-refractivity contribution in [3.8, 4) is 0 Å². The number of nitrogens with zero attached hydrogens (tertiary/aromatic N) is 3. The molecule has 1 aromatic heterocycles. The molecular formula is C20H24N4O2. The van der Waals surface area contributed by atoms with Crippen molar-refractivity contribution in [2.45, 2.75) is 45.6 Å². The van der Waals surface area contributed by atoms with E-state index in [1.165, 1.54) is 6.33 Å². The van der Waals surface area contributed by atoms with Crippen LogP contribution in [0.15, 0.2) is 36.8 Å². The van der Waals surface area contributed by atoms with Gasteiger partial charge in [-0.3, -0.25) is 9.59 Å². The second-order valence-electron chi connectivity index (χ2n) is 6.75. The Morgan fingerprint density at radius 1 is 1.23 bits per heavy atom. The van der Waals surface area contributed by atoms with Gasteiger partial charge in [0.15, 0.2) is 5.78 Å². The van der Waals surface area contributed by atoms with Crippen LogP contribution in [0.25, 0.3) is 0 Å². The van der Waals surface area contributed by atoms with E-state index >= 15 is 0 Å². The molecule has 1 N–H and O–H groups in total. The number of aromatic nitrogens is 2. The summed E-state index contributed by atoms with van der Waals surface area (Å²) >= 11 is 0. The zero-order valence-corrected chi connectivity index (χ0v) is 15.2. The van der Waals surface area contributed by atoms with Crippen LogP contribution in [0.4, 0.5) is 11.5 Å². The van der Waals surface area contributed by atoms with E-state index < -0.39 is 0 Å². The van der Waals surface area contributed by atoms with Crippen LogP contribution in [-0.2, 0) is 4.79 Å². The van der Waals surface area contributed by atoms with Crippen LogP contribution >= 0.6 is 0 Å². The van der Waals surface area contributed by atoms with Gasteiger partial charge in [-0.15, -0.1) is 0 Å². The summed E-state index contributed by atoms with van der Waals surface area (Å²) in [6, 6.07) is 7.41. The van der Waals surface area contributed by atoms with Gasteiger partial charge in [0, 0.05) is 48.9 Å². The van der Waals surface area contributed by atoms with E-state index in [1.807, 2.05) is 36.1 Å². The van der Waals surface area contributed by atoms with E-state index in [9.17, 15) is 9.59 Å². The summed E-state index contributed by atoms with van der Waals surface area (Å²) in [4.78, 5) is 34.4. The third kappa shape index (κ3) is 4.25. The first-order chi connectivity index (χ1) is 12.5. The molecule has 136 valence electrons. The number of hydrogen-bond donors (Lipinski definition) is 1. The number of ketones is 1. The van der Waals surface area contributed by atoms with Crippen molar-refractivity contribution in [2.75, 3.05) is 11.9 Å². The predicted molar refractivity (Wildman–Crippen MR) is 100 cm³/mol.